The third kappa shape index (κ3) is 5.38. The molecule has 0 saturated heterocycles. The van der Waals surface area contributed by atoms with Gasteiger partial charge in [-0.1, -0.05) is 40.5 Å². The highest BCUT2D eigenvalue weighted by molar-refractivity contribution is 5.78. The summed E-state index contributed by atoms with van der Waals surface area (Å²) in [5, 5.41) is 6.29. The molecule has 1 rings (SSSR count). The maximum absolute atomic E-state index is 11.8. The van der Waals surface area contributed by atoms with Gasteiger partial charge in [0.15, 0.2) is 0 Å². The standard InChI is InChI=1S/C15H30N2O/c1-12(2)9-15(7-5-6-8-15)11-17-14(18)10-16-13(3)4/h12-13,16H,5-11H2,1-4H3,(H,17,18). The van der Waals surface area contributed by atoms with Crippen LogP contribution in [0.2, 0.25) is 0 Å². The lowest BCUT2D eigenvalue weighted by Crippen LogP contribution is -2.42. The van der Waals surface area contributed by atoms with Crippen LogP contribution < -0.4 is 10.6 Å². The Balaban J connectivity index is 2.36. The van der Waals surface area contributed by atoms with Gasteiger partial charge < -0.3 is 10.6 Å². The van der Waals surface area contributed by atoms with E-state index >= 15 is 0 Å². The van der Waals surface area contributed by atoms with Gasteiger partial charge in [-0.3, -0.25) is 4.79 Å². The van der Waals surface area contributed by atoms with Crippen LogP contribution in [0.15, 0.2) is 0 Å². The van der Waals surface area contributed by atoms with Crippen molar-refractivity contribution in [2.75, 3.05) is 13.1 Å². The molecule has 3 heteroatoms. The van der Waals surface area contributed by atoms with E-state index in [0.717, 1.165) is 6.54 Å². The molecule has 0 spiro atoms. The summed E-state index contributed by atoms with van der Waals surface area (Å²) < 4.78 is 0. The van der Waals surface area contributed by atoms with E-state index in [9.17, 15) is 4.79 Å². The molecule has 0 aliphatic heterocycles. The first-order valence-corrected chi connectivity index (χ1v) is 7.44. The zero-order valence-corrected chi connectivity index (χ0v) is 12.5. The predicted molar refractivity (Wildman–Crippen MR) is 76.5 cm³/mol. The number of hydrogen-bond donors (Lipinski definition) is 2. The van der Waals surface area contributed by atoms with Crippen molar-refractivity contribution in [2.24, 2.45) is 11.3 Å². The summed E-state index contributed by atoms with van der Waals surface area (Å²) in [5.74, 6) is 0.854. The van der Waals surface area contributed by atoms with Gasteiger partial charge in [0.2, 0.25) is 5.91 Å². The zero-order chi connectivity index (χ0) is 13.6. The van der Waals surface area contributed by atoms with Crippen LogP contribution in [0.25, 0.3) is 0 Å². The number of nitrogens with one attached hydrogen (secondary N) is 2. The molecule has 2 N–H and O–H groups in total. The minimum atomic E-state index is 0.138. The van der Waals surface area contributed by atoms with Gasteiger partial charge in [-0.25, -0.2) is 0 Å². The number of hydrogen-bond acceptors (Lipinski definition) is 2. The minimum Gasteiger partial charge on any atom is -0.354 e. The van der Waals surface area contributed by atoms with Crippen LogP contribution in [0.1, 0.15) is 59.8 Å². The predicted octanol–water partition coefficient (Wildman–Crippen LogP) is 2.71. The summed E-state index contributed by atoms with van der Waals surface area (Å²) in [4.78, 5) is 11.8. The summed E-state index contributed by atoms with van der Waals surface area (Å²) in [6.45, 7) is 9.98. The van der Waals surface area contributed by atoms with E-state index in [1.807, 2.05) is 0 Å². The van der Waals surface area contributed by atoms with Crippen LogP contribution >= 0.6 is 0 Å². The number of amides is 1. The summed E-state index contributed by atoms with van der Waals surface area (Å²) in [6, 6.07) is 0.367. The number of carbonyl (C=O) groups excluding carboxylic acids is 1. The van der Waals surface area contributed by atoms with E-state index in [4.69, 9.17) is 0 Å². The van der Waals surface area contributed by atoms with Crippen LogP contribution in [-0.4, -0.2) is 25.0 Å². The van der Waals surface area contributed by atoms with Gasteiger partial charge in [-0.05, 0) is 30.6 Å². The van der Waals surface area contributed by atoms with E-state index in [0.29, 0.717) is 23.9 Å². The molecule has 1 amide bonds. The van der Waals surface area contributed by atoms with Gasteiger partial charge in [0, 0.05) is 12.6 Å². The SMILES string of the molecule is CC(C)CC1(CNC(=O)CNC(C)C)CCCC1. The lowest BCUT2D eigenvalue weighted by molar-refractivity contribution is -0.120. The maximum atomic E-state index is 11.8. The van der Waals surface area contributed by atoms with Crippen LogP contribution in [0.4, 0.5) is 0 Å². The van der Waals surface area contributed by atoms with Crippen LogP contribution in [-0.2, 0) is 4.79 Å². The van der Waals surface area contributed by atoms with Crippen molar-refractivity contribution >= 4 is 5.91 Å². The molecule has 0 aromatic carbocycles. The van der Waals surface area contributed by atoms with Gasteiger partial charge >= 0.3 is 0 Å². The highest BCUT2D eigenvalue weighted by Crippen LogP contribution is 2.42. The summed E-state index contributed by atoms with van der Waals surface area (Å²) in [7, 11) is 0. The molecule has 0 aromatic heterocycles. The lowest BCUT2D eigenvalue weighted by Gasteiger charge is -2.31. The second-order valence-electron chi connectivity index (χ2n) is 6.62. The van der Waals surface area contributed by atoms with Crippen LogP contribution in [0.5, 0.6) is 0 Å². The summed E-state index contributed by atoms with van der Waals surface area (Å²) >= 11 is 0. The fourth-order valence-electron chi connectivity index (χ4n) is 3.09. The van der Waals surface area contributed by atoms with Gasteiger partial charge in [0.25, 0.3) is 0 Å². The van der Waals surface area contributed by atoms with Crippen molar-refractivity contribution in [1.29, 1.82) is 0 Å². The molecule has 1 aliphatic carbocycles. The number of carbonyl (C=O) groups is 1. The third-order valence-electron chi connectivity index (χ3n) is 3.84. The Bertz CT molecular complexity index is 255. The molecule has 3 nitrogen and oxygen atoms in total. The Morgan fingerprint density at radius 1 is 1.17 bits per heavy atom. The number of rotatable bonds is 7. The van der Waals surface area contributed by atoms with E-state index in [1.54, 1.807) is 0 Å². The molecule has 18 heavy (non-hydrogen) atoms. The lowest BCUT2D eigenvalue weighted by atomic mass is 9.78. The minimum absolute atomic E-state index is 0.138. The van der Waals surface area contributed by atoms with Crippen molar-refractivity contribution in [3.63, 3.8) is 0 Å². The van der Waals surface area contributed by atoms with Crippen molar-refractivity contribution in [3.05, 3.63) is 0 Å². The quantitative estimate of drug-likeness (QED) is 0.733. The van der Waals surface area contributed by atoms with Crippen molar-refractivity contribution < 1.29 is 4.79 Å². The molecule has 1 saturated carbocycles. The van der Waals surface area contributed by atoms with Gasteiger partial charge in [0.05, 0.1) is 6.54 Å². The molecule has 1 aliphatic rings. The molecule has 0 heterocycles. The Kier molecular flexibility index (Phi) is 6.13. The normalized spacial score (nSPS) is 18.6. The van der Waals surface area contributed by atoms with Crippen molar-refractivity contribution in [3.8, 4) is 0 Å². The van der Waals surface area contributed by atoms with Crippen molar-refractivity contribution in [2.45, 2.75) is 65.8 Å². The molecule has 0 atom stereocenters. The highest BCUT2D eigenvalue weighted by Gasteiger charge is 2.34. The van der Waals surface area contributed by atoms with E-state index in [1.165, 1.54) is 32.1 Å². The molecule has 1 fully saturated rings. The van der Waals surface area contributed by atoms with Gasteiger partial charge in [-0.15, -0.1) is 0 Å². The fourth-order valence-corrected chi connectivity index (χ4v) is 3.09. The monoisotopic (exact) mass is 254 g/mol. The molecular weight excluding hydrogens is 224 g/mol. The summed E-state index contributed by atoms with van der Waals surface area (Å²) in [5.41, 5.74) is 0.377. The highest BCUT2D eigenvalue weighted by atomic mass is 16.1. The van der Waals surface area contributed by atoms with Gasteiger partial charge in [-0.2, -0.15) is 0 Å². The zero-order valence-electron chi connectivity index (χ0n) is 12.5. The Labute approximate surface area is 112 Å². The first-order valence-electron chi connectivity index (χ1n) is 7.44. The van der Waals surface area contributed by atoms with E-state index in [2.05, 4.69) is 38.3 Å². The van der Waals surface area contributed by atoms with Gasteiger partial charge in [0.1, 0.15) is 0 Å². The van der Waals surface area contributed by atoms with Crippen molar-refractivity contribution in [1.82, 2.24) is 10.6 Å². The largest absolute Gasteiger partial charge is 0.354 e. The van der Waals surface area contributed by atoms with Crippen LogP contribution in [0, 0.1) is 11.3 Å². The smallest absolute Gasteiger partial charge is 0.233 e. The summed E-state index contributed by atoms with van der Waals surface area (Å²) in [6.07, 6.45) is 6.46. The van der Waals surface area contributed by atoms with E-state index in [-0.39, 0.29) is 5.91 Å². The molecule has 106 valence electrons. The molecule has 0 aromatic rings. The van der Waals surface area contributed by atoms with E-state index < -0.39 is 0 Å². The van der Waals surface area contributed by atoms with Crippen LogP contribution in [0.3, 0.4) is 0 Å². The fraction of sp³-hybridized carbons (Fsp3) is 0.933. The molecule has 0 unspecified atom stereocenters. The first kappa shape index (κ1) is 15.5. The molecular formula is C15H30N2O. The second-order valence-corrected chi connectivity index (χ2v) is 6.62. The topological polar surface area (TPSA) is 41.1 Å². The third-order valence-corrected chi connectivity index (χ3v) is 3.84. The Hall–Kier alpha value is -0.570. The average Bonchev–Trinajstić information content (AvgIpc) is 2.71. The second kappa shape index (κ2) is 7.13. The average molecular weight is 254 g/mol. The Morgan fingerprint density at radius 3 is 2.28 bits per heavy atom. The first-order chi connectivity index (χ1) is 8.43. The Morgan fingerprint density at radius 2 is 1.78 bits per heavy atom. The molecule has 0 radical (unpaired) electrons. The molecule has 0 bridgehead atoms. The maximum Gasteiger partial charge on any atom is 0.233 e.